The molecule has 0 unspecified atom stereocenters. The van der Waals surface area contributed by atoms with E-state index in [2.05, 4.69) is 10.6 Å². The van der Waals surface area contributed by atoms with Crippen molar-refractivity contribution in [3.05, 3.63) is 24.3 Å². The van der Waals surface area contributed by atoms with Crippen molar-refractivity contribution in [3.63, 3.8) is 0 Å². The number of hydrogen-bond donors (Lipinski definition) is 2. The molecule has 0 aliphatic heterocycles. The Morgan fingerprint density at radius 3 is 2.40 bits per heavy atom. The molecule has 2 amide bonds. The molecule has 1 aromatic carbocycles. The molecule has 0 bridgehead atoms. The van der Waals surface area contributed by atoms with Gasteiger partial charge in [0.25, 0.3) is 0 Å². The Bertz CT molecular complexity index is 446. The Balaban J connectivity index is 2.27. The monoisotopic (exact) mass is 296 g/mol. The molecule has 0 heterocycles. The summed E-state index contributed by atoms with van der Waals surface area (Å²) in [6, 6.07) is 7.55. The van der Waals surface area contributed by atoms with E-state index in [4.69, 9.17) is 4.74 Å². The number of nitrogens with one attached hydrogen (secondary N) is 2. The van der Waals surface area contributed by atoms with E-state index in [-0.39, 0.29) is 30.2 Å². The molecule has 20 heavy (non-hydrogen) atoms. The highest BCUT2D eigenvalue weighted by Gasteiger charge is 2.07. The summed E-state index contributed by atoms with van der Waals surface area (Å²) in [7, 11) is 1.61. The molecule has 0 saturated heterocycles. The van der Waals surface area contributed by atoms with Gasteiger partial charge in [-0.2, -0.15) is 0 Å². The quantitative estimate of drug-likeness (QED) is 0.747. The summed E-state index contributed by atoms with van der Waals surface area (Å²) in [5.41, 5.74) is 0. The van der Waals surface area contributed by atoms with E-state index in [1.807, 2.05) is 38.1 Å². The largest absolute Gasteiger partial charge is 0.497 e. The molecule has 0 radical (unpaired) electrons. The molecule has 0 spiro atoms. The standard InChI is InChI=1S/C14H20N2O3S/c1-10(2)16-13(17)8-15-14(18)9-20-12-6-4-11(19-3)5-7-12/h4-7,10H,8-9H2,1-3H3,(H,15,18)(H,16,17). The summed E-state index contributed by atoms with van der Waals surface area (Å²) in [5.74, 6) is 0.720. The Morgan fingerprint density at radius 1 is 1.20 bits per heavy atom. The molecular formula is C14H20N2O3S. The average Bonchev–Trinajstić information content (AvgIpc) is 2.42. The molecular weight excluding hydrogens is 276 g/mol. The molecule has 0 aliphatic rings. The van der Waals surface area contributed by atoms with Crippen molar-refractivity contribution in [3.8, 4) is 5.75 Å². The van der Waals surface area contributed by atoms with E-state index >= 15 is 0 Å². The fourth-order valence-electron chi connectivity index (χ4n) is 1.42. The topological polar surface area (TPSA) is 67.4 Å². The number of ether oxygens (including phenoxy) is 1. The number of benzene rings is 1. The molecule has 0 fully saturated rings. The van der Waals surface area contributed by atoms with E-state index in [9.17, 15) is 9.59 Å². The zero-order chi connectivity index (χ0) is 15.0. The summed E-state index contributed by atoms with van der Waals surface area (Å²) < 4.78 is 5.06. The maximum absolute atomic E-state index is 11.6. The average molecular weight is 296 g/mol. The van der Waals surface area contributed by atoms with Crippen LogP contribution in [0.5, 0.6) is 5.75 Å². The summed E-state index contributed by atoms with van der Waals surface area (Å²) >= 11 is 1.41. The van der Waals surface area contributed by atoms with Crippen LogP contribution >= 0.6 is 11.8 Å². The first kappa shape index (κ1) is 16.4. The zero-order valence-electron chi connectivity index (χ0n) is 11.9. The van der Waals surface area contributed by atoms with Crippen LogP contribution in [0.4, 0.5) is 0 Å². The lowest BCUT2D eigenvalue weighted by Gasteiger charge is -2.09. The number of thioether (sulfide) groups is 1. The zero-order valence-corrected chi connectivity index (χ0v) is 12.8. The smallest absolute Gasteiger partial charge is 0.239 e. The van der Waals surface area contributed by atoms with Crippen LogP contribution in [-0.2, 0) is 9.59 Å². The predicted molar refractivity (Wildman–Crippen MR) is 80.0 cm³/mol. The first-order valence-electron chi connectivity index (χ1n) is 6.34. The van der Waals surface area contributed by atoms with Gasteiger partial charge in [0, 0.05) is 10.9 Å². The van der Waals surface area contributed by atoms with Gasteiger partial charge in [0.1, 0.15) is 5.75 Å². The van der Waals surface area contributed by atoms with Gasteiger partial charge < -0.3 is 15.4 Å². The third-order valence-electron chi connectivity index (χ3n) is 2.33. The second kappa shape index (κ2) is 8.47. The lowest BCUT2D eigenvalue weighted by atomic mass is 10.3. The molecule has 2 N–H and O–H groups in total. The van der Waals surface area contributed by atoms with Crippen molar-refractivity contribution in [2.24, 2.45) is 0 Å². The Morgan fingerprint density at radius 2 is 1.85 bits per heavy atom. The number of hydrogen-bond acceptors (Lipinski definition) is 4. The van der Waals surface area contributed by atoms with E-state index in [1.165, 1.54) is 11.8 Å². The fourth-order valence-corrected chi connectivity index (χ4v) is 2.15. The van der Waals surface area contributed by atoms with E-state index in [1.54, 1.807) is 7.11 Å². The maximum Gasteiger partial charge on any atom is 0.239 e. The fraction of sp³-hybridized carbons (Fsp3) is 0.429. The van der Waals surface area contributed by atoms with Gasteiger partial charge in [0.05, 0.1) is 19.4 Å². The highest BCUT2D eigenvalue weighted by molar-refractivity contribution is 8.00. The third kappa shape index (κ3) is 6.47. The van der Waals surface area contributed by atoms with Crippen LogP contribution in [0.25, 0.3) is 0 Å². The molecule has 1 aromatic rings. The Labute approximate surface area is 123 Å². The summed E-state index contributed by atoms with van der Waals surface area (Å²) in [6.07, 6.45) is 0. The van der Waals surface area contributed by atoms with Crippen LogP contribution < -0.4 is 15.4 Å². The number of amides is 2. The maximum atomic E-state index is 11.6. The van der Waals surface area contributed by atoms with Crippen molar-refractivity contribution >= 4 is 23.6 Å². The molecule has 0 saturated carbocycles. The SMILES string of the molecule is COc1ccc(SCC(=O)NCC(=O)NC(C)C)cc1. The van der Waals surface area contributed by atoms with Gasteiger partial charge in [-0.15, -0.1) is 11.8 Å². The van der Waals surface area contributed by atoms with Crippen LogP contribution in [0.2, 0.25) is 0 Å². The molecule has 0 aromatic heterocycles. The third-order valence-corrected chi connectivity index (χ3v) is 3.34. The predicted octanol–water partition coefficient (Wildman–Crippen LogP) is 1.43. The summed E-state index contributed by atoms with van der Waals surface area (Å²) in [6.45, 7) is 3.76. The molecule has 1 rings (SSSR count). The summed E-state index contributed by atoms with van der Waals surface area (Å²) in [4.78, 5) is 23.9. The number of rotatable bonds is 7. The van der Waals surface area contributed by atoms with Gasteiger partial charge in [-0.3, -0.25) is 9.59 Å². The Kier molecular flexibility index (Phi) is 6.93. The minimum Gasteiger partial charge on any atom is -0.497 e. The van der Waals surface area contributed by atoms with Crippen molar-refractivity contribution < 1.29 is 14.3 Å². The Hall–Kier alpha value is -1.69. The summed E-state index contributed by atoms with van der Waals surface area (Å²) in [5, 5.41) is 5.29. The van der Waals surface area contributed by atoms with Gasteiger partial charge >= 0.3 is 0 Å². The van der Waals surface area contributed by atoms with Crippen LogP contribution in [0.1, 0.15) is 13.8 Å². The van der Waals surface area contributed by atoms with Gasteiger partial charge in [0.15, 0.2) is 0 Å². The van der Waals surface area contributed by atoms with Crippen LogP contribution in [0.15, 0.2) is 29.2 Å². The second-order valence-corrected chi connectivity index (χ2v) is 5.51. The van der Waals surface area contributed by atoms with Crippen molar-refractivity contribution in [2.45, 2.75) is 24.8 Å². The molecule has 0 atom stereocenters. The molecule has 6 heteroatoms. The molecule has 110 valence electrons. The number of carbonyl (C=O) groups is 2. The van der Waals surface area contributed by atoms with Crippen molar-refractivity contribution in [1.82, 2.24) is 10.6 Å². The van der Waals surface area contributed by atoms with Crippen LogP contribution in [0, 0.1) is 0 Å². The highest BCUT2D eigenvalue weighted by Crippen LogP contribution is 2.20. The minimum absolute atomic E-state index is 0.0141. The first-order valence-corrected chi connectivity index (χ1v) is 7.32. The van der Waals surface area contributed by atoms with Gasteiger partial charge in [-0.1, -0.05) is 0 Å². The van der Waals surface area contributed by atoms with E-state index in [0.717, 1.165) is 10.6 Å². The minimum atomic E-state index is -0.178. The normalized spacial score (nSPS) is 10.2. The first-order chi connectivity index (χ1) is 9.51. The second-order valence-electron chi connectivity index (χ2n) is 4.46. The van der Waals surface area contributed by atoms with Crippen LogP contribution in [0.3, 0.4) is 0 Å². The van der Waals surface area contributed by atoms with Gasteiger partial charge in [0.2, 0.25) is 11.8 Å². The highest BCUT2D eigenvalue weighted by atomic mass is 32.2. The number of carbonyl (C=O) groups excluding carboxylic acids is 2. The van der Waals surface area contributed by atoms with Gasteiger partial charge in [-0.05, 0) is 38.1 Å². The van der Waals surface area contributed by atoms with Crippen molar-refractivity contribution in [2.75, 3.05) is 19.4 Å². The van der Waals surface area contributed by atoms with Gasteiger partial charge in [-0.25, -0.2) is 0 Å². The molecule has 5 nitrogen and oxygen atoms in total. The lowest BCUT2D eigenvalue weighted by molar-refractivity contribution is -0.125. The lowest BCUT2D eigenvalue weighted by Crippen LogP contribution is -2.40. The van der Waals surface area contributed by atoms with E-state index < -0.39 is 0 Å². The van der Waals surface area contributed by atoms with Crippen LogP contribution in [-0.4, -0.2) is 37.3 Å². The molecule has 0 aliphatic carbocycles. The number of methoxy groups -OCH3 is 1. The van der Waals surface area contributed by atoms with E-state index in [0.29, 0.717) is 0 Å². The van der Waals surface area contributed by atoms with Crippen molar-refractivity contribution in [1.29, 1.82) is 0 Å².